The summed E-state index contributed by atoms with van der Waals surface area (Å²) in [5.41, 5.74) is 2.46. The Bertz CT molecular complexity index is 1230. The number of rotatable bonds is 9. The lowest BCUT2D eigenvalue weighted by molar-refractivity contribution is -0.115. The average molecular weight is 488 g/mol. The fourth-order valence-corrected chi connectivity index (χ4v) is 4.59. The molecule has 0 saturated heterocycles. The lowest BCUT2D eigenvalue weighted by Crippen LogP contribution is -2.14. The minimum Gasteiger partial charge on any atom is -0.494 e. The molecule has 0 unspecified atom stereocenters. The summed E-state index contributed by atoms with van der Waals surface area (Å²) in [7, 11) is 0. The highest BCUT2D eigenvalue weighted by molar-refractivity contribution is 7.14. The van der Waals surface area contributed by atoms with E-state index >= 15 is 0 Å². The van der Waals surface area contributed by atoms with Crippen molar-refractivity contribution in [3.05, 3.63) is 65.0 Å². The molecule has 0 aliphatic carbocycles. The van der Waals surface area contributed by atoms with Gasteiger partial charge in [-0.1, -0.05) is 12.1 Å². The maximum Gasteiger partial charge on any atom is 0.387 e. The molecule has 6 nitrogen and oxygen atoms in total. The van der Waals surface area contributed by atoms with Crippen LogP contribution < -0.4 is 14.8 Å². The van der Waals surface area contributed by atoms with Gasteiger partial charge in [-0.15, -0.1) is 22.7 Å². The van der Waals surface area contributed by atoms with Crippen molar-refractivity contribution in [2.24, 2.45) is 0 Å². The summed E-state index contributed by atoms with van der Waals surface area (Å²) in [5.74, 6) is 0.556. The molecule has 1 N–H and O–H groups in total. The molecule has 0 bridgehead atoms. The maximum absolute atomic E-state index is 12.7. The summed E-state index contributed by atoms with van der Waals surface area (Å²) in [5, 5.41) is 7.44. The van der Waals surface area contributed by atoms with Gasteiger partial charge in [0.2, 0.25) is 5.91 Å². The fourth-order valence-electron chi connectivity index (χ4n) is 3.04. The number of aromatic nitrogens is 2. The first-order valence-corrected chi connectivity index (χ1v) is 11.7. The number of carbonyl (C=O) groups excluding carboxylic acids is 1. The zero-order valence-electron chi connectivity index (χ0n) is 17.5. The molecule has 0 spiro atoms. The van der Waals surface area contributed by atoms with Crippen LogP contribution in [0, 0.1) is 0 Å². The number of hydrogen-bond donors (Lipinski definition) is 1. The highest BCUT2D eigenvalue weighted by Crippen LogP contribution is 2.33. The smallest absolute Gasteiger partial charge is 0.387 e. The molecule has 2 heterocycles. The van der Waals surface area contributed by atoms with Crippen LogP contribution in [0.2, 0.25) is 0 Å². The van der Waals surface area contributed by atoms with E-state index in [9.17, 15) is 13.6 Å². The Morgan fingerprint density at radius 2 is 1.85 bits per heavy atom. The van der Waals surface area contributed by atoms with E-state index in [-0.39, 0.29) is 18.1 Å². The number of carbonyl (C=O) groups is 1. The number of para-hydroxylation sites is 1. The molecule has 2 aromatic carbocycles. The second-order valence-corrected chi connectivity index (χ2v) is 8.46. The van der Waals surface area contributed by atoms with Crippen LogP contribution in [0.15, 0.2) is 59.3 Å². The van der Waals surface area contributed by atoms with Crippen LogP contribution in [0.1, 0.15) is 12.6 Å². The summed E-state index contributed by atoms with van der Waals surface area (Å²) in [6.45, 7) is -0.402. The molecule has 0 aliphatic rings. The molecule has 10 heteroatoms. The van der Waals surface area contributed by atoms with Gasteiger partial charge in [-0.05, 0) is 43.3 Å². The second-order valence-electron chi connectivity index (χ2n) is 6.74. The SMILES string of the molecule is CCOc1ccc(-c2nc(CC(=O)Nc3nc(-c4ccccc4OC(F)F)cs3)cs2)cc1. The third-order valence-corrected chi connectivity index (χ3v) is 6.13. The predicted molar refractivity (Wildman–Crippen MR) is 125 cm³/mol. The molecule has 33 heavy (non-hydrogen) atoms. The summed E-state index contributed by atoms with van der Waals surface area (Å²) >= 11 is 2.66. The van der Waals surface area contributed by atoms with Crippen LogP contribution in [0.25, 0.3) is 21.8 Å². The highest BCUT2D eigenvalue weighted by Gasteiger charge is 2.15. The largest absolute Gasteiger partial charge is 0.494 e. The third-order valence-electron chi connectivity index (χ3n) is 4.44. The summed E-state index contributed by atoms with van der Waals surface area (Å²) in [6.07, 6.45) is 0.0908. The lowest BCUT2D eigenvalue weighted by atomic mass is 10.1. The quantitative estimate of drug-likeness (QED) is 0.308. The molecule has 0 aliphatic heterocycles. The van der Waals surface area contributed by atoms with Gasteiger partial charge < -0.3 is 14.8 Å². The van der Waals surface area contributed by atoms with Crippen LogP contribution >= 0.6 is 22.7 Å². The predicted octanol–water partition coefficient (Wildman–Crippen LogP) is 6.11. The molecule has 170 valence electrons. The Hall–Kier alpha value is -3.37. The van der Waals surface area contributed by atoms with Crippen molar-refractivity contribution in [1.29, 1.82) is 0 Å². The van der Waals surface area contributed by atoms with Gasteiger partial charge in [-0.2, -0.15) is 8.78 Å². The van der Waals surface area contributed by atoms with Gasteiger partial charge in [0.25, 0.3) is 0 Å². The Labute approximate surface area is 196 Å². The van der Waals surface area contributed by atoms with Gasteiger partial charge in [0, 0.05) is 21.9 Å². The number of benzene rings is 2. The molecule has 1 amide bonds. The molecule has 0 atom stereocenters. The van der Waals surface area contributed by atoms with Crippen molar-refractivity contribution in [2.75, 3.05) is 11.9 Å². The first-order valence-electron chi connectivity index (χ1n) is 9.99. The molecule has 0 radical (unpaired) electrons. The standard InChI is InChI=1S/C23H19F2N3O3S2/c1-2-30-16-9-7-14(8-10-16)21-26-15(12-32-21)11-20(29)28-23-27-18(13-33-23)17-5-3-4-6-19(17)31-22(24)25/h3-10,12-13,22H,2,11H2,1H3,(H,27,28,29). The van der Waals surface area contributed by atoms with Crippen LogP contribution in [-0.2, 0) is 11.2 Å². The van der Waals surface area contributed by atoms with Crippen molar-refractivity contribution in [3.63, 3.8) is 0 Å². The van der Waals surface area contributed by atoms with Crippen molar-refractivity contribution in [2.45, 2.75) is 20.0 Å². The van der Waals surface area contributed by atoms with Crippen molar-refractivity contribution < 1.29 is 23.0 Å². The second kappa shape index (κ2) is 10.5. The zero-order chi connectivity index (χ0) is 23.2. The first kappa shape index (κ1) is 22.8. The van der Waals surface area contributed by atoms with E-state index < -0.39 is 6.61 Å². The maximum atomic E-state index is 12.7. The Kier molecular flexibility index (Phi) is 7.26. The molecule has 0 saturated carbocycles. The lowest BCUT2D eigenvalue weighted by Gasteiger charge is -2.08. The van der Waals surface area contributed by atoms with E-state index in [4.69, 9.17) is 4.74 Å². The Morgan fingerprint density at radius 3 is 2.61 bits per heavy atom. The minimum absolute atomic E-state index is 0.0277. The Balaban J connectivity index is 1.39. The van der Waals surface area contributed by atoms with E-state index in [0.717, 1.165) is 16.3 Å². The number of nitrogens with one attached hydrogen (secondary N) is 1. The number of amides is 1. The van der Waals surface area contributed by atoms with Gasteiger partial charge in [0.05, 0.1) is 24.4 Å². The number of anilines is 1. The van der Waals surface area contributed by atoms with Gasteiger partial charge in [-0.25, -0.2) is 9.97 Å². The monoisotopic (exact) mass is 487 g/mol. The normalized spacial score (nSPS) is 10.9. The van der Waals surface area contributed by atoms with Gasteiger partial charge in [0.15, 0.2) is 5.13 Å². The first-order chi connectivity index (χ1) is 16.0. The molecule has 2 aromatic heterocycles. The third kappa shape index (κ3) is 5.91. The number of hydrogen-bond acceptors (Lipinski definition) is 7. The molecular weight excluding hydrogens is 468 g/mol. The van der Waals surface area contributed by atoms with Crippen molar-refractivity contribution in [3.8, 4) is 33.3 Å². The summed E-state index contributed by atoms with van der Waals surface area (Å²) in [4.78, 5) is 21.4. The molecule has 4 aromatic rings. The van der Waals surface area contributed by atoms with Crippen molar-refractivity contribution in [1.82, 2.24) is 9.97 Å². The van der Waals surface area contributed by atoms with Crippen molar-refractivity contribution >= 4 is 33.7 Å². The van der Waals surface area contributed by atoms with E-state index in [1.807, 2.05) is 36.6 Å². The molecule has 4 rings (SSSR count). The fraction of sp³-hybridized carbons (Fsp3) is 0.174. The topological polar surface area (TPSA) is 73.3 Å². The average Bonchev–Trinajstić information content (AvgIpc) is 3.44. The van der Waals surface area contributed by atoms with E-state index in [1.54, 1.807) is 23.6 Å². The van der Waals surface area contributed by atoms with E-state index in [1.165, 1.54) is 28.7 Å². The number of ether oxygens (including phenoxy) is 2. The molecule has 0 fully saturated rings. The van der Waals surface area contributed by atoms with Gasteiger partial charge >= 0.3 is 6.61 Å². The number of halogens is 2. The molecular formula is C23H19F2N3O3S2. The number of thiazole rings is 2. The van der Waals surface area contributed by atoms with Gasteiger partial charge in [0.1, 0.15) is 16.5 Å². The summed E-state index contributed by atoms with van der Waals surface area (Å²) < 4.78 is 35.3. The Morgan fingerprint density at radius 1 is 1.06 bits per heavy atom. The zero-order valence-corrected chi connectivity index (χ0v) is 19.1. The van der Waals surface area contributed by atoms with E-state index in [0.29, 0.717) is 28.7 Å². The number of nitrogens with zero attached hydrogens (tertiary/aromatic N) is 2. The highest BCUT2D eigenvalue weighted by atomic mass is 32.1. The van der Waals surface area contributed by atoms with Gasteiger partial charge in [-0.3, -0.25) is 4.79 Å². The minimum atomic E-state index is -2.94. The number of alkyl halides is 2. The van der Waals surface area contributed by atoms with E-state index in [2.05, 4.69) is 20.0 Å². The van der Waals surface area contributed by atoms with Crippen LogP contribution in [0.5, 0.6) is 11.5 Å². The van der Waals surface area contributed by atoms with Crippen LogP contribution in [-0.4, -0.2) is 29.1 Å². The summed E-state index contributed by atoms with van der Waals surface area (Å²) in [6, 6.07) is 14.0. The van der Waals surface area contributed by atoms with Crippen LogP contribution in [0.4, 0.5) is 13.9 Å². The van der Waals surface area contributed by atoms with Crippen LogP contribution in [0.3, 0.4) is 0 Å².